The quantitative estimate of drug-likeness (QED) is 0.656. The molecule has 4 aliphatic rings. The number of methoxy groups -OCH3 is 2. The van der Waals surface area contributed by atoms with Crippen LogP contribution in [0.3, 0.4) is 0 Å². The number of carbonyl (C=O) groups is 2. The predicted molar refractivity (Wildman–Crippen MR) is 106 cm³/mol. The van der Waals surface area contributed by atoms with Crippen molar-refractivity contribution >= 4 is 11.9 Å². The van der Waals surface area contributed by atoms with E-state index in [2.05, 4.69) is 4.90 Å². The van der Waals surface area contributed by atoms with Gasteiger partial charge in [-0.3, -0.25) is 14.5 Å². The largest absolute Gasteiger partial charge is 0.492 e. The molecule has 1 aromatic rings. The van der Waals surface area contributed by atoms with Gasteiger partial charge in [-0.1, -0.05) is 0 Å². The van der Waals surface area contributed by atoms with Gasteiger partial charge in [-0.2, -0.15) is 0 Å². The Balaban J connectivity index is 1.72. The third-order valence-electron chi connectivity index (χ3n) is 7.16. The first-order valence-corrected chi connectivity index (χ1v) is 10.5. The molecule has 2 fully saturated rings. The second-order valence-corrected chi connectivity index (χ2v) is 8.56. The summed E-state index contributed by atoms with van der Waals surface area (Å²) < 4.78 is 34.5. The normalized spacial score (nSPS) is 34.5. The Bertz CT molecular complexity index is 933. The standard InChI is InChI=1S/C22H27NO8/c1-11(24)30-20-15(26-3)8-17-22(21(20)31-12(2)25)5-6-23(17)9-13-14(22)7-16-19(18(13)27-4)29-10-28-16/h7,15,17,20-21H,5-6,8-10H2,1-4H3. The second-order valence-electron chi connectivity index (χ2n) is 8.56. The highest BCUT2D eigenvalue weighted by Crippen LogP contribution is 2.59. The molecule has 3 heterocycles. The number of nitrogens with zero attached hydrogens (tertiary/aromatic N) is 1. The molecule has 0 radical (unpaired) electrons. The Kier molecular flexibility index (Phi) is 4.78. The molecule has 0 N–H and O–H groups in total. The second kappa shape index (κ2) is 7.27. The summed E-state index contributed by atoms with van der Waals surface area (Å²) in [5, 5.41) is 0. The number of ether oxygens (including phenoxy) is 6. The molecule has 1 saturated heterocycles. The van der Waals surface area contributed by atoms with Crippen LogP contribution in [0.4, 0.5) is 0 Å². The third-order valence-corrected chi connectivity index (χ3v) is 7.16. The van der Waals surface area contributed by atoms with E-state index < -0.39 is 29.6 Å². The van der Waals surface area contributed by atoms with E-state index in [-0.39, 0.29) is 18.9 Å². The smallest absolute Gasteiger partial charge is 0.303 e. The van der Waals surface area contributed by atoms with Gasteiger partial charge >= 0.3 is 11.9 Å². The summed E-state index contributed by atoms with van der Waals surface area (Å²) in [6, 6.07) is 2.05. The lowest BCUT2D eigenvalue weighted by atomic mass is 9.60. The summed E-state index contributed by atoms with van der Waals surface area (Å²) in [4.78, 5) is 26.6. The number of hydrogen-bond acceptors (Lipinski definition) is 9. The summed E-state index contributed by atoms with van der Waals surface area (Å²) in [6.45, 7) is 4.37. The van der Waals surface area contributed by atoms with Gasteiger partial charge in [-0.05, 0) is 31.0 Å². The third kappa shape index (κ3) is 2.82. The minimum Gasteiger partial charge on any atom is -0.492 e. The zero-order chi connectivity index (χ0) is 21.9. The van der Waals surface area contributed by atoms with Crippen molar-refractivity contribution in [2.24, 2.45) is 0 Å². The van der Waals surface area contributed by atoms with E-state index in [9.17, 15) is 9.59 Å². The van der Waals surface area contributed by atoms with Crippen LogP contribution in [-0.4, -0.2) is 68.7 Å². The molecule has 6 atom stereocenters. The molecule has 9 nitrogen and oxygen atoms in total. The highest BCUT2D eigenvalue weighted by atomic mass is 16.7. The van der Waals surface area contributed by atoms with E-state index in [4.69, 9.17) is 28.4 Å². The topological polar surface area (TPSA) is 92.8 Å². The highest BCUT2D eigenvalue weighted by Gasteiger charge is 2.66. The number of benzene rings is 1. The number of carbonyl (C=O) groups excluding carboxylic acids is 2. The van der Waals surface area contributed by atoms with E-state index in [1.165, 1.54) is 13.8 Å². The molecular weight excluding hydrogens is 406 g/mol. The Morgan fingerprint density at radius 3 is 2.61 bits per heavy atom. The van der Waals surface area contributed by atoms with Crippen LogP contribution in [0.1, 0.15) is 37.8 Å². The molecule has 0 aromatic heterocycles. The summed E-state index contributed by atoms with van der Waals surface area (Å²) in [5.41, 5.74) is 1.42. The monoisotopic (exact) mass is 433 g/mol. The SMILES string of the molecule is COc1c2c(cc3c1OCO3)C13CCN(C2)C1CC(OC)C(OC(C)=O)C3OC(C)=O. The molecule has 0 amide bonds. The Hall–Kier alpha value is -2.52. The molecule has 6 unspecified atom stereocenters. The van der Waals surface area contributed by atoms with Crippen LogP contribution >= 0.6 is 0 Å². The molecule has 1 aliphatic carbocycles. The molecule has 2 bridgehead atoms. The number of rotatable bonds is 4. The molecular formula is C22H27NO8. The maximum atomic E-state index is 12.2. The minimum atomic E-state index is -0.718. The van der Waals surface area contributed by atoms with Crippen molar-refractivity contribution in [3.05, 3.63) is 17.2 Å². The fraction of sp³-hybridized carbons (Fsp3) is 0.636. The summed E-state index contributed by atoms with van der Waals surface area (Å²) in [5.74, 6) is 0.999. The van der Waals surface area contributed by atoms with E-state index in [1.807, 2.05) is 6.07 Å². The highest BCUT2D eigenvalue weighted by molar-refractivity contribution is 5.69. The van der Waals surface area contributed by atoms with Crippen molar-refractivity contribution in [2.45, 2.75) is 63.0 Å². The fourth-order valence-corrected chi connectivity index (χ4v) is 6.12. The van der Waals surface area contributed by atoms with Crippen LogP contribution in [0.15, 0.2) is 6.07 Å². The van der Waals surface area contributed by atoms with Gasteiger partial charge in [0.25, 0.3) is 0 Å². The average Bonchev–Trinajstić information content (AvgIpc) is 3.29. The molecule has 9 heteroatoms. The van der Waals surface area contributed by atoms with Crippen molar-refractivity contribution < 1.29 is 38.0 Å². The van der Waals surface area contributed by atoms with Gasteiger partial charge in [0.05, 0.1) is 18.6 Å². The van der Waals surface area contributed by atoms with Crippen molar-refractivity contribution in [3.63, 3.8) is 0 Å². The molecule has 5 rings (SSSR count). The van der Waals surface area contributed by atoms with Gasteiger partial charge in [0.15, 0.2) is 23.7 Å². The van der Waals surface area contributed by atoms with Gasteiger partial charge in [0.2, 0.25) is 12.5 Å². The minimum absolute atomic E-state index is 0.0613. The fourth-order valence-electron chi connectivity index (χ4n) is 6.12. The summed E-state index contributed by atoms with van der Waals surface area (Å²) in [7, 11) is 3.21. The first-order valence-electron chi connectivity index (χ1n) is 10.5. The zero-order valence-corrected chi connectivity index (χ0v) is 18.1. The lowest BCUT2D eigenvalue weighted by Gasteiger charge is -2.54. The maximum Gasteiger partial charge on any atom is 0.303 e. The zero-order valence-electron chi connectivity index (χ0n) is 18.1. The van der Waals surface area contributed by atoms with Gasteiger partial charge in [0, 0.05) is 39.1 Å². The van der Waals surface area contributed by atoms with Crippen LogP contribution < -0.4 is 14.2 Å². The van der Waals surface area contributed by atoms with Gasteiger partial charge in [-0.15, -0.1) is 0 Å². The summed E-state index contributed by atoms with van der Waals surface area (Å²) in [6.07, 6.45) is -0.400. The van der Waals surface area contributed by atoms with Gasteiger partial charge in [-0.25, -0.2) is 0 Å². The molecule has 1 saturated carbocycles. The van der Waals surface area contributed by atoms with Crippen molar-refractivity contribution in [1.82, 2.24) is 4.90 Å². The Labute approximate surface area is 180 Å². The first kappa shape index (κ1) is 20.4. The average molecular weight is 433 g/mol. The van der Waals surface area contributed by atoms with E-state index >= 15 is 0 Å². The van der Waals surface area contributed by atoms with Crippen LogP contribution in [-0.2, 0) is 35.8 Å². The van der Waals surface area contributed by atoms with Gasteiger partial charge in [0.1, 0.15) is 0 Å². The van der Waals surface area contributed by atoms with Crippen LogP contribution in [0.2, 0.25) is 0 Å². The van der Waals surface area contributed by atoms with Gasteiger partial charge < -0.3 is 28.4 Å². The predicted octanol–water partition coefficient (Wildman–Crippen LogP) is 1.53. The molecule has 1 aromatic carbocycles. The van der Waals surface area contributed by atoms with E-state index in [1.54, 1.807) is 14.2 Å². The van der Waals surface area contributed by atoms with Crippen molar-refractivity contribution in [2.75, 3.05) is 27.6 Å². The van der Waals surface area contributed by atoms with Crippen LogP contribution in [0, 0.1) is 0 Å². The molecule has 0 spiro atoms. The van der Waals surface area contributed by atoms with Crippen LogP contribution in [0.5, 0.6) is 17.2 Å². The molecule has 168 valence electrons. The Morgan fingerprint density at radius 1 is 1.16 bits per heavy atom. The summed E-state index contributed by atoms with van der Waals surface area (Å²) >= 11 is 0. The number of hydrogen-bond donors (Lipinski definition) is 0. The number of esters is 2. The van der Waals surface area contributed by atoms with E-state index in [0.29, 0.717) is 30.2 Å². The van der Waals surface area contributed by atoms with Crippen molar-refractivity contribution in [1.29, 1.82) is 0 Å². The Morgan fingerprint density at radius 2 is 1.94 bits per heavy atom. The van der Waals surface area contributed by atoms with E-state index in [0.717, 1.165) is 24.1 Å². The molecule has 3 aliphatic heterocycles. The first-order chi connectivity index (χ1) is 14.9. The molecule has 31 heavy (non-hydrogen) atoms. The van der Waals surface area contributed by atoms with Crippen molar-refractivity contribution in [3.8, 4) is 17.2 Å². The number of fused-ring (bicyclic) bond motifs is 2. The van der Waals surface area contributed by atoms with Crippen LogP contribution in [0.25, 0.3) is 0 Å². The maximum absolute atomic E-state index is 12.2. The lowest BCUT2D eigenvalue weighted by molar-refractivity contribution is -0.200. The lowest BCUT2D eigenvalue weighted by Crippen LogP contribution is -2.66.